The Labute approximate surface area is 117 Å². The molecule has 0 bridgehead atoms. The maximum atomic E-state index is 13.0. The molecular formula is C14H8FN5O. The van der Waals surface area contributed by atoms with E-state index in [0.29, 0.717) is 11.4 Å². The van der Waals surface area contributed by atoms with Crippen LogP contribution in [0.1, 0.15) is 0 Å². The van der Waals surface area contributed by atoms with Gasteiger partial charge in [-0.25, -0.2) is 14.6 Å². The number of halogens is 1. The van der Waals surface area contributed by atoms with Gasteiger partial charge in [0.1, 0.15) is 18.2 Å². The van der Waals surface area contributed by atoms with E-state index in [9.17, 15) is 4.39 Å². The Bertz CT molecular complexity index is 899. The lowest BCUT2D eigenvalue weighted by molar-refractivity contribution is 0.559. The van der Waals surface area contributed by atoms with Crippen molar-refractivity contribution in [2.75, 3.05) is 0 Å². The topological polar surface area (TPSA) is 69.6 Å². The van der Waals surface area contributed by atoms with Gasteiger partial charge in [-0.1, -0.05) is 0 Å². The zero-order chi connectivity index (χ0) is 14.2. The van der Waals surface area contributed by atoms with Crippen molar-refractivity contribution in [1.29, 1.82) is 0 Å². The summed E-state index contributed by atoms with van der Waals surface area (Å²) < 4.78 is 20.2. The van der Waals surface area contributed by atoms with E-state index in [2.05, 4.69) is 20.1 Å². The van der Waals surface area contributed by atoms with Gasteiger partial charge in [0.15, 0.2) is 0 Å². The molecule has 0 aliphatic carbocycles. The Hall–Kier alpha value is -3.09. The summed E-state index contributed by atoms with van der Waals surface area (Å²) in [6.07, 6.45) is 3.08. The summed E-state index contributed by atoms with van der Waals surface area (Å²) in [5.41, 5.74) is 2.35. The van der Waals surface area contributed by atoms with Crippen LogP contribution in [-0.4, -0.2) is 24.7 Å². The zero-order valence-corrected chi connectivity index (χ0v) is 10.6. The van der Waals surface area contributed by atoms with E-state index in [1.165, 1.54) is 18.5 Å². The number of hydrogen-bond acceptors (Lipinski definition) is 5. The SMILES string of the molecule is Fc1ccc2nc(-c3ccc(-n4cncn4)cc3)oc2n1. The Balaban J connectivity index is 1.74. The Kier molecular flexibility index (Phi) is 2.50. The summed E-state index contributed by atoms with van der Waals surface area (Å²) in [5, 5.41) is 4.05. The first-order valence-electron chi connectivity index (χ1n) is 6.18. The number of benzene rings is 1. The molecule has 0 N–H and O–H groups in total. The van der Waals surface area contributed by atoms with Crippen molar-refractivity contribution in [3.8, 4) is 17.1 Å². The highest BCUT2D eigenvalue weighted by Crippen LogP contribution is 2.24. The van der Waals surface area contributed by atoms with Crippen LogP contribution in [-0.2, 0) is 0 Å². The fraction of sp³-hybridized carbons (Fsp3) is 0. The lowest BCUT2D eigenvalue weighted by atomic mass is 10.2. The second-order valence-corrected chi connectivity index (χ2v) is 4.36. The van der Waals surface area contributed by atoms with E-state index in [1.807, 2.05) is 24.3 Å². The van der Waals surface area contributed by atoms with Gasteiger partial charge in [-0.15, -0.1) is 0 Å². The predicted octanol–water partition coefficient (Wildman–Crippen LogP) is 2.61. The monoisotopic (exact) mass is 281 g/mol. The summed E-state index contributed by atoms with van der Waals surface area (Å²) in [4.78, 5) is 11.8. The molecule has 0 spiro atoms. The van der Waals surface area contributed by atoms with Crippen molar-refractivity contribution in [3.63, 3.8) is 0 Å². The largest absolute Gasteiger partial charge is 0.418 e. The smallest absolute Gasteiger partial charge is 0.250 e. The van der Waals surface area contributed by atoms with Gasteiger partial charge in [-0.05, 0) is 36.4 Å². The van der Waals surface area contributed by atoms with Gasteiger partial charge in [0.05, 0.1) is 5.69 Å². The Morgan fingerprint density at radius 3 is 2.62 bits per heavy atom. The van der Waals surface area contributed by atoms with E-state index in [0.717, 1.165) is 11.3 Å². The maximum absolute atomic E-state index is 13.0. The first-order valence-corrected chi connectivity index (χ1v) is 6.18. The molecule has 0 amide bonds. The third-order valence-corrected chi connectivity index (χ3v) is 3.02. The molecule has 6 nitrogen and oxygen atoms in total. The van der Waals surface area contributed by atoms with E-state index in [-0.39, 0.29) is 5.71 Å². The third kappa shape index (κ3) is 2.04. The van der Waals surface area contributed by atoms with E-state index >= 15 is 0 Å². The van der Waals surface area contributed by atoms with Crippen molar-refractivity contribution >= 4 is 11.2 Å². The molecule has 21 heavy (non-hydrogen) atoms. The van der Waals surface area contributed by atoms with Crippen molar-refractivity contribution in [2.45, 2.75) is 0 Å². The van der Waals surface area contributed by atoms with Gasteiger partial charge in [-0.3, -0.25) is 0 Å². The van der Waals surface area contributed by atoms with Crippen molar-refractivity contribution in [1.82, 2.24) is 24.7 Å². The minimum Gasteiger partial charge on any atom is -0.418 e. The number of hydrogen-bond donors (Lipinski definition) is 0. The molecule has 0 saturated carbocycles. The first kappa shape index (κ1) is 11.7. The molecule has 4 aromatic rings. The first-order chi connectivity index (χ1) is 10.3. The molecule has 3 heterocycles. The summed E-state index contributed by atoms with van der Waals surface area (Å²) in [6.45, 7) is 0. The van der Waals surface area contributed by atoms with Crippen LogP contribution in [0, 0.1) is 5.95 Å². The van der Waals surface area contributed by atoms with Crippen LogP contribution in [0.15, 0.2) is 53.5 Å². The summed E-state index contributed by atoms with van der Waals surface area (Å²) in [6, 6.07) is 10.2. The number of fused-ring (bicyclic) bond motifs is 1. The summed E-state index contributed by atoms with van der Waals surface area (Å²) >= 11 is 0. The average Bonchev–Trinajstić information content (AvgIpc) is 3.16. The standard InChI is InChI=1S/C14H8FN5O/c15-12-6-5-11-14(19-12)21-13(18-11)9-1-3-10(4-2-9)20-8-16-7-17-20/h1-8H. The molecule has 0 radical (unpaired) electrons. The number of nitrogens with zero attached hydrogens (tertiary/aromatic N) is 5. The highest BCUT2D eigenvalue weighted by Gasteiger charge is 2.10. The lowest BCUT2D eigenvalue weighted by Gasteiger charge is -2.00. The van der Waals surface area contributed by atoms with Crippen LogP contribution in [0.5, 0.6) is 0 Å². The average molecular weight is 281 g/mol. The van der Waals surface area contributed by atoms with E-state index in [1.54, 1.807) is 11.0 Å². The normalized spacial score (nSPS) is 11.1. The number of oxazole rings is 1. The van der Waals surface area contributed by atoms with Gasteiger partial charge >= 0.3 is 0 Å². The third-order valence-electron chi connectivity index (χ3n) is 3.02. The molecule has 1 aromatic carbocycles. The molecule has 4 rings (SSSR count). The second kappa shape index (κ2) is 4.48. The van der Waals surface area contributed by atoms with Crippen LogP contribution in [0.3, 0.4) is 0 Å². The Morgan fingerprint density at radius 1 is 1.00 bits per heavy atom. The van der Waals surface area contributed by atoms with Crippen molar-refractivity contribution in [2.24, 2.45) is 0 Å². The van der Waals surface area contributed by atoms with Gasteiger partial charge in [0.25, 0.3) is 0 Å². The summed E-state index contributed by atoms with van der Waals surface area (Å²) in [7, 11) is 0. The van der Waals surface area contributed by atoms with Gasteiger partial charge in [0.2, 0.25) is 17.6 Å². The highest BCUT2D eigenvalue weighted by molar-refractivity contribution is 5.72. The van der Waals surface area contributed by atoms with E-state index in [4.69, 9.17) is 4.42 Å². The number of rotatable bonds is 2. The molecule has 0 saturated heterocycles. The van der Waals surface area contributed by atoms with Crippen LogP contribution in [0.2, 0.25) is 0 Å². The van der Waals surface area contributed by atoms with Crippen LogP contribution >= 0.6 is 0 Å². The van der Waals surface area contributed by atoms with Gasteiger partial charge < -0.3 is 4.42 Å². The lowest BCUT2D eigenvalue weighted by Crippen LogP contribution is -1.93. The molecule has 102 valence electrons. The fourth-order valence-electron chi connectivity index (χ4n) is 2.02. The minimum atomic E-state index is -0.591. The molecule has 0 fully saturated rings. The molecule has 0 unspecified atom stereocenters. The van der Waals surface area contributed by atoms with Crippen LogP contribution < -0.4 is 0 Å². The Morgan fingerprint density at radius 2 is 1.86 bits per heavy atom. The predicted molar refractivity (Wildman–Crippen MR) is 72.1 cm³/mol. The van der Waals surface area contributed by atoms with Crippen LogP contribution in [0.4, 0.5) is 4.39 Å². The van der Waals surface area contributed by atoms with Crippen LogP contribution in [0.25, 0.3) is 28.4 Å². The second-order valence-electron chi connectivity index (χ2n) is 4.36. The zero-order valence-electron chi connectivity index (χ0n) is 10.6. The molecule has 0 atom stereocenters. The maximum Gasteiger partial charge on any atom is 0.250 e. The van der Waals surface area contributed by atoms with Crippen molar-refractivity contribution < 1.29 is 8.81 Å². The van der Waals surface area contributed by atoms with E-state index < -0.39 is 5.95 Å². The van der Waals surface area contributed by atoms with Crippen molar-refractivity contribution in [3.05, 3.63) is 55.0 Å². The fourth-order valence-corrected chi connectivity index (χ4v) is 2.02. The molecule has 0 aliphatic rings. The number of aromatic nitrogens is 5. The highest BCUT2D eigenvalue weighted by atomic mass is 19.1. The molecular weight excluding hydrogens is 273 g/mol. The molecule has 7 heteroatoms. The van der Waals surface area contributed by atoms with Gasteiger partial charge in [0, 0.05) is 5.56 Å². The quantitative estimate of drug-likeness (QED) is 0.528. The number of pyridine rings is 1. The molecule has 0 aliphatic heterocycles. The molecule has 3 aromatic heterocycles. The minimum absolute atomic E-state index is 0.186. The van der Waals surface area contributed by atoms with Gasteiger partial charge in [-0.2, -0.15) is 14.5 Å². The summed E-state index contributed by atoms with van der Waals surface area (Å²) in [5.74, 6) is -0.194.